The Bertz CT molecular complexity index is 282. The largest absolute Gasteiger partial charge is 0.309 e. The first kappa shape index (κ1) is 9.16. The number of piperidine rings is 1. The molecule has 2 rings (SSSR count). The van der Waals surface area contributed by atoms with Crippen LogP contribution in [0.5, 0.6) is 0 Å². The molecular weight excluding hydrogens is 180 g/mol. The number of aryl methyl sites for hydroxylation is 1. The Labute approximate surface area is 83.4 Å². The molecule has 2 atom stereocenters. The van der Waals surface area contributed by atoms with Crippen molar-refractivity contribution in [1.29, 1.82) is 0 Å². The van der Waals surface area contributed by atoms with E-state index in [4.69, 9.17) is 0 Å². The van der Waals surface area contributed by atoms with Crippen molar-refractivity contribution in [2.75, 3.05) is 6.54 Å². The van der Waals surface area contributed by atoms with Gasteiger partial charge < -0.3 is 5.32 Å². The average molecular weight is 196 g/mol. The molecule has 0 aliphatic carbocycles. The van der Waals surface area contributed by atoms with E-state index in [-0.39, 0.29) is 0 Å². The second-order valence-corrected chi connectivity index (χ2v) is 4.82. The molecule has 1 aromatic rings. The highest BCUT2D eigenvalue weighted by Crippen LogP contribution is 2.30. The molecule has 0 spiro atoms. The third kappa shape index (κ3) is 1.92. The van der Waals surface area contributed by atoms with Gasteiger partial charge in [-0.3, -0.25) is 0 Å². The van der Waals surface area contributed by atoms with Crippen molar-refractivity contribution < 1.29 is 0 Å². The second kappa shape index (κ2) is 3.76. The maximum atomic E-state index is 4.30. The van der Waals surface area contributed by atoms with Crippen LogP contribution in [0.1, 0.15) is 36.4 Å². The lowest BCUT2D eigenvalue weighted by Gasteiger charge is -2.27. The first-order chi connectivity index (χ1) is 6.27. The molecule has 72 valence electrons. The highest BCUT2D eigenvalue weighted by atomic mass is 32.1. The van der Waals surface area contributed by atoms with E-state index >= 15 is 0 Å². The molecule has 2 heterocycles. The molecular formula is C10H16N2S. The summed E-state index contributed by atoms with van der Waals surface area (Å²) in [4.78, 5) is 5.73. The summed E-state index contributed by atoms with van der Waals surface area (Å²) in [5.41, 5.74) is 3.16. The fourth-order valence-corrected chi connectivity index (χ4v) is 2.84. The second-order valence-electron chi connectivity index (χ2n) is 3.94. The topological polar surface area (TPSA) is 24.9 Å². The predicted octanol–water partition coefficient (Wildman–Crippen LogP) is 2.51. The fraction of sp³-hybridized carbons (Fsp3) is 0.700. The smallest absolute Gasteiger partial charge is 0.0798 e. The van der Waals surface area contributed by atoms with E-state index in [1.54, 1.807) is 11.3 Å². The van der Waals surface area contributed by atoms with Crippen LogP contribution in [0.25, 0.3) is 0 Å². The van der Waals surface area contributed by atoms with Crippen LogP contribution in [-0.2, 0) is 0 Å². The maximum Gasteiger partial charge on any atom is 0.0798 e. The number of aromatic nitrogens is 1. The average Bonchev–Trinajstić information content (AvgIpc) is 2.51. The summed E-state index contributed by atoms with van der Waals surface area (Å²) in [6, 6.07) is 0.566. The molecule has 0 radical (unpaired) electrons. The Hall–Kier alpha value is -0.410. The minimum absolute atomic E-state index is 0.566. The van der Waals surface area contributed by atoms with E-state index < -0.39 is 0 Å². The van der Waals surface area contributed by atoms with Crippen molar-refractivity contribution in [2.45, 2.75) is 32.7 Å². The summed E-state index contributed by atoms with van der Waals surface area (Å²) in [7, 11) is 0. The zero-order valence-electron chi connectivity index (χ0n) is 8.21. The van der Waals surface area contributed by atoms with Crippen molar-refractivity contribution in [3.8, 4) is 0 Å². The van der Waals surface area contributed by atoms with Gasteiger partial charge in [0.1, 0.15) is 0 Å². The summed E-state index contributed by atoms with van der Waals surface area (Å²) in [6.07, 6.45) is 2.58. The van der Waals surface area contributed by atoms with Gasteiger partial charge in [-0.05, 0) is 32.2 Å². The van der Waals surface area contributed by atoms with Gasteiger partial charge in [0, 0.05) is 10.9 Å². The van der Waals surface area contributed by atoms with Crippen LogP contribution in [0.2, 0.25) is 0 Å². The van der Waals surface area contributed by atoms with Gasteiger partial charge in [0.05, 0.1) is 11.2 Å². The molecule has 0 saturated carbocycles. The van der Waals surface area contributed by atoms with Crippen molar-refractivity contribution in [3.63, 3.8) is 0 Å². The third-order valence-corrected chi connectivity index (χ3v) is 3.81. The monoisotopic (exact) mass is 196 g/mol. The Morgan fingerprint density at radius 1 is 1.62 bits per heavy atom. The number of nitrogens with one attached hydrogen (secondary N) is 1. The van der Waals surface area contributed by atoms with E-state index in [0.717, 1.165) is 12.5 Å². The molecule has 1 fully saturated rings. The highest BCUT2D eigenvalue weighted by Gasteiger charge is 2.22. The van der Waals surface area contributed by atoms with Crippen molar-refractivity contribution in [1.82, 2.24) is 10.3 Å². The summed E-state index contributed by atoms with van der Waals surface area (Å²) in [5.74, 6) is 0.854. The SMILES string of the molecule is Cc1ncsc1C1CC(C)CCN1. The van der Waals surface area contributed by atoms with Gasteiger partial charge in [0.15, 0.2) is 0 Å². The van der Waals surface area contributed by atoms with Crippen molar-refractivity contribution in [3.05, 3.63) is 16.1 Å². The van der Waals surface area contributed by atoms with Gasteiger partial charge in [-0.15, -0.1) is 11.3 Å². The van der Waals surface area contributed by atoms with Crippen LogP contribution in [0.3, 0.4) is 0 Å². The zero-order chi connectivity index (χ0) is 9.26. The molecule has 0 amide bonds. The normalized spacial score (nSPS) is 29.1. The molecule has 0 bridgehead atoms. The van der Waals surface area contributed by atoms with Gasteiger partial charge in [0.25, 0.3) is 0 Å². The van der Waals surface area contributed by atoms with Gasteiger partial charge in [-0.2, -0.15) is 0 Å². The number of thiazole rings is 1. The lowest BCUT2D eigenvalue weighted by molar-refractivity contribution is 0.327. The van der Waals surface area contributed by atoms with Gasteiger partial charge in [-0.25, -0.2) is 4.98 Å². The van der Waals surface area contributed by atoms with Crippen LogP contribution in [-0.4, -0.2) is 11.5 Å². The van der Waals surface area contributed by atoms with Crippen LogP contribution in [0.15, 0.2) is 5.51 Å². The van der Waals surface area contributed by atoms with Crippen molar-refractivity contribution >= 4 is 11.3 Å². The summed E-state index contributed by atoms with van der Waals surface area (Å²) in [6.45, 7) is 5.60. The first-order valence-corrected chi connectivity index (χ1v) is 5.78. The molecule has 2 nitrogen and oxygen atoms in total. The number of hydrogen-bond acceptors (Lipinski definition) is 3. The Balaban J connectivity index is 2.12. The zero-order valence-corrected chi connectivity index (χ0v) is 9.03. The number of rotatable bonds is 1. The lowest BCUT2D eigenvalue weighted by Crippen LogP contribution is -2.30. The third-order valence-electron chi connectivity index (χ3n) is 2.77. The molecule has 0 aromatic carbocycles. The molecule has 1 aliphatic rings. The van der Waals surface area contributed by atoms with Gasteiger partial charge in [-0.1, -0.05) is 6.92 Å². The number of nitrogens with zero attached hydrogens (tertiary/aromatic N) is 1. The molecule has 3 heteroatoms. The minimum Gasteiger partial charge on any atom is -0.309 e. The standard InChI is InChI=1S/C10H16N2S/c1-7-3-4-11-9(5-7)10-8(2)12-6-13-10/h6-7,9,11H,3-5H2,1-2H3. The predicted molar refractivity (Wildman–Crippen MR) is 56.0 cm³/mol. The molecule has 1 saturated heterocycles. The van der Waals surface area contributed by atoms with E-state index in [2.05, 4.69) is 24.1 Å². The molecule has 1 aliphatic heterocycles. The Kier molecular flexibility index (Phi) is 2.65. The van der Waals surface area contributed by atoms with E-state index in [0.29, 0.717) is 6.04 Å². The van der Waals surface area contributed by atoms with Gasteiger partial charge in [0.2, 0.25) is 0 Å². The van der Waals surface area contributed by atoms with Crippen LogP contribution in [0.4, 0.5) is 0 Å². The molecule has 1 N–H and O–H groups in total. The Morgan fingerprint density at radius 3 is 3.08 bits per heavy atom. The molecule has 13 heavy (non-hydrogen) atoms. The van der Waals surface area contributed by atoms with Crippen LogP contribution >= 0.6 is 11.3 Å². The summed E-state index contributed by atoms with van der Waals surface area (Å²) < 4.78 is 0. The quantitative estimate of drug-likeness (QED) is 0.746. The summed E-state index contributed by atoms with van der Waals surface area (Å²) in [5, 5.41) is 3.56. The Morgan fingerprint density at radius 2 is 2.46 bits per heavy atom. The molecule has 2 unspecified atom stereocenters. The van der Waals surface area contributed by atoms with Crippen LogP contribution in [0, 0.1) is 12.8 Å². The van der Waals surface area contributed by atoms with Crippen LogP contribution < -0.4 is 5.32 Å². The highest BCUT2D eigenvalue weighted by molar-refractivity contribution is 7.09. The summed E-state index contributed by atoms with van der Waals surface area (Å²) >= 11 is 1.78. The maximum absolute atomic E-state index is 4.30. The first-order valence-electron chi connectivity index (χ1n) is 4.90. The van der Waals surface area contributed by atoms with Crippen molar-refractivity contribution in [2.24, 2.45) is 5.92 Å². The lowest BCUT2D eigenvalue weighted by atomic mass is 9.93. The fourth-order valence-electron chi connectivity index (χ4n) is 1.95. The van der Waals surface area contributed by atoms with E-state index in [1.165, 1.54) is 23.4 Å². The van der Waals surface area contributed by atoms with E-state index in [1.807, 2.05) is 5.51 Å². The molecule has 1 aromatic heterocycles. The van der Waals surface area contributed by atoms with Gasteiger partial charge >= 0.3 is 0 Å². The minimum atomic E-state index is 0.566. The number of hydrogen-bond donors (Lipinski definition) is 1. The van der Waals surface area contributed by atoms with E-state index in [9.17, 15) is 0 Å².